The zero-order chi connectivity index (χ0) is 24.6. The maximum atomic E-state index is 12.9. The van der Waals surface area contributed by atoms with Crippen molar-refractivity contribution in [2.24, 2.45) is 0 Å². The summed E-state index contributed by atoms with van der Waals surface area (Å²) in [6.07, 6.45) is 9.09. The highest BCUT2D eigenvalue weighted by molar-refractivity contribution is 6.35. The van der Waals surface area contributed by atoms with Crippen LogP contribution < -0.4 is 0 Å². The molecule has 174 valence electrons. The summed E-state index contributed by atoms with van der Waals surface area (Å²) in [5.74, 6) is -0.510. The molecule has 0 saturated heterocycles. The van der Waals surface area contributed by atoms with Crippen molar-refractivity contribution in [1.82, 2.24) is 4.90 Å². The van der Waals surface area contributed by atoms with Gasteiger partial charge < -0.3 is 4.74 Å². The van der Waals surface area contributed by atoms with Crippen LogP contribution in [0.15, 0.2) is 66.8 Å². The standard InChI is InChI=1S/C26H26Cl3NO3/c1-18(9-10-19-11-14-21(27)15-12-19)30(25(32)33-26(2,3)4)24(31)8-6-5-7-20-13-16-22(28)17-23(20)29/h5-18H,1-4H3/t18-/m1/s1. The molecule has 2 rings (SSSR count). The molecule has 0 aliphatic rings. The average molecular weight is 507 g/mol. The van der Waals surface area contributed by atoms with Crippen LogP contribution >= 0.6 is 34.8 Å². The first-order valence-corrected chi connectivity index (χ1v) is 11.4. The van der Waals surface area contributed by atoms with Gasteiger partial charge in [-0.3, -0.25) is 4.79 Å². The number of benzene rings is 2. The van der Waals surface area contributed by atoms with Crippen molar-refractivity contribution in [3.05, 3.63) is 93.0 Å². The minimum Gasteiger partial charge on any atom is -0.443 e. The monoisotopic (exact) mass is 505 g/mol. The SMILES string of the molecule is C[C@H](C=Cc1ccc(Cl)cc1)N(C(=O)C=CC=Cc1ccc(Cl)cc1Cl)C(=O)OC(C)(C)C. The number of allylic oxidation sites excluding steroid dienone is 2. The third-order valence-corrected chi connectivity index (χ3v) is 5.07. The van der Waals surface area contributed by atoms with E-state index in [2.05, 4.69) is 0 Å². The lowest BCUT2D eigenvalue weighted by Crippen LogP contribution is -2.44. The second-order valence-electron chi connectivity index (χ2n) is 8.22. The number of halogens is 3. The minimum absolute atomic E-state index is 0.495. The van der Waals surface area contributed by atoms with Crippen LogP contribution in [0.4, 0.5) is 4.79 Å². The van der Waals surface area contributed by atoms with E-state index in [9.17, 15) is 9.59 Å². The number of hydrogen-bond donors (Lipinski definition) is 0. The minimum atomic E-state index is -0.746. The van der Waals surface area contributed by atoms with Crippen LogP contribution in [0.2, 0.25) is 15.1 Å². The molecule has 0 N–H and O–H groups in total. The quantitative estimate of drug-likeness (QED) is 0.294. The molecule has 0 aromatic heterocycles. The molecule has 0 unspecified atom stereocenters. The van der Waals surface area contributed by atoms with Crippen molar-refractivity contribution in [1.29, 1.82) is 0 Å². The van der Waals surface area contributed by atoms with Crippen LogP contribution in [0, 0.1) is 0 Å². The summed E-state index contributed by atoms with van der Waals surface area (Å²) in [7, 11) is 0. The predicted octanol–water partition coefficient (Wildman–Crippen LogP) is 8.08. The van der Waals surface area contributed by atoms with Crippen LogP contribution in [0.1, 0.15) is 38.8 Å². The Labute approximate surface area is 210 Å². The van der Waals surface area contributed by atoms with Crippen molar-refractivity contribution in [2.45, 2.75) is 39.3 Å². The molecule has 0 saturated carbocycles. The topological polar surface area (TPSA) is 46.6 Å². The van der Waals surface area contributed by atoms with Gasteiger partial charge in [-0.05, 0) is 63.1 Å². The zero-order valence-electron chi connectivity index (χ0n) is 18.9. The molecule has 0 aliphatic heterocycles. The van der Waals surface area contributed by atoms with Crippen LogP contribution in [-0.4, -0.2) is 28.5 Å². The van der Waals surface area contributed by atoms with E-state index in [0.29, 0.717) is 15.1 Å². The van der Waals surface area contributed by atoms with Gasteiger partial charge in [-0.25, -0.2) is 9.69 Å². The summed E-state index contributed by atoms with van der Waals surface area (Å²) >= 11 is 18.0. The molecule has 33 heavy (non-hydrogen) atoms. The third kappa shape index (κ3) is 9.09. The Morgan fingerprint density at radius 1 is 0.939 bits per heavy atom. The van der Waals surface area contributed by atoms with Gasteiger partial charge in [0.1, 0.15) is 5.60 Å². The molecule has 2 aromatic carbocycles. The van der Waals surface area contributed by atoms with Gasteiger partial charge in [-0.1, -0.05) is 83.4 Å². The van der Waals surface area contributed by atoms with Crippen molar-refractivity contribution in [3.63, 3.8) is 0 Å². The summed E-state index contributed by atoms with van der Waals surface area (Å²) in [6, 6.07) is 11.8. The number of carbonyl (C=O) groups is 2. The highest BCUT2D eigenvalue weighted by Gasteiger charge is 2.29. The lowest BCUT2D eigenvalue weighted by molar-refractivity contribution is -0.126. The van der Waals surface area contributed by atoms with E-state index in [1.165, 1.54) is 6.08 Å². The van der Waals surface area contributed by atoms with Gasteiger partial charge in [-0.15, -0.1) is 0 Å². The highest BCUT2D eigenvalue weighted by Crippen LogP contribution is 2.22. The summed E-state index contributed by atoms with van der Waals surface area (Å²) < 4.78 is 5.45. The summed E-state index contributed by atoms with van der Waals surface area (Å²) in [6.45, 7) is 6.98. The smallest absolute Gasteiger partial charge is 0.417 e. The Kier molecular flexibility index (Phi) is 9.78. The lowest BCUT2D eigenvalue weighted by Gasteiger charge is -2.28. The molecule has 1 atom stereocenters. The van der Waals surface area contributed by atoms with Gasteiger partial charge in [0.25, 0.3) is 5.91 Å². The highest BCUT2D eigenvalue weighted by atomic mass is 35.5. The third-order valence-electron chi connectivity index (χ3n) is 4.26. The largest absolute Gasteiger partial charge is 0.443 e. The summed E-state index contributed by atoms with van der Waals surface area (Å²) in [4.78, 5) is 26.7. The van der Waals surface area contributed by atoms with Crippen molar-refractivity contribution >= 4 is 59.0 Å². The summed E-state index contributed by atoms with van der Waals surface area (Å²) in [5, 5.41) is 1.66. The zero-order valence-corrected chi connectivity index (χ0v) is 21.2. The first kappa shape index (κ1) is 26.7. The molecule has 7 heteroatoms. The Morgan fingerprint density at radius 3 is 2.18 bits per heavy atom. The molecular weight excluding hydrogens is 481 g/mol. The molecule has 2 aromatic rings. The Morgan fingerprint density at radius 2 is 1.58 bits per heavy atom. The van der Waals surface area contributed by atoms with Gasteiger partial charge >= 0.3 is 6.09 Å². The molecule has 0 aliphatic carbocycles. The maximum Gasteiger partial charge on any atom is 0.417 e. The average Bonchev–Trinajstić information content (AvgIpc) is 2.71. The second kappa shape index (κ2) is 12.1. The molecule has 0 heterocycles. The number of ether oxygens (including phenoxy) is 1. The fraction of sp³-hybridized carbons (Fsp3) is 0.231. The number of amides is 2. The first-order valence-electron chi connectivity index (χ1n) is 10.3. The summed E-state index contributed by atoms with van der Waals surface area (Å²) in [5.41, 5.74) is 0.895. The molecule has 0 radical (unpaired) electrons. The van der Waals surface area contributed by atoms with Crippen molar-refractivity contribution < 1.29 is 14.3 Å². The van der Waals surface area contributed by atoms with E-state index in [0.717, 1.165) is 16.0 Å². The molecule has 0 fully saturated rings. The number of hydrogen-bond acceptors (Lipinski definition) is 3. The van der Waals surface area contributed by atoms with Gasteiger partial charge in [0.2, 0.25) is 0 Å². The molecule has 4 nitrogen and oxygen atoms in total. The van der Waals surface area contributed by atoms with E-state index in [-0.39, 0.29) is 0 Å². The molecule has 0 bridgehead atoms. The lowest BCUT2D eigenvalue weighted by atomic mass is 10.1. The van der Waals surface area contributed by atoms with Gasteiger partial charge in [0.05, 0.1) is 6.04 Å². The van der Waals surface area contributed by atoms with E-state index < -0.39 is 23.6 Å². The van der Waals surface area contributed by atoms with Crippen LogP contribution in [0.5, 0.6) is 0 Å². The fourth-order valence-electron chi connectivity index (χ4n) is 2.69. The van der Waals surface area contributed by atoms with Crippen molar-refractivity contribution in [2.75, 3.05) is 0 Å². The normalized spacial score (nSPS) is 13.1. The molecular formula is C26H26Cl3NO3. The second-order valence-corrected chi connectivity index (χ2v) is 9.50. The molecule has 0 spiro atoms. The molecule has 2 amide bonds. The number of imide groups is 1. The number of nitrogens with zero attached hydrogens (tertiary/aromatic N) is 1. The van der Waals surface area contributed by atoms with Crippen LogP contribution in [0.3, 0.4) is 0 Å². The number of rotatable bonds is 6. The van der Waals surface area contributed by atoms with Gasteiger partial charge in [-0.2, -0.15) is 0 Å². The van der Waals surface area contributed by atoms with Crippen LogP contribution in [-0.2, 0) is 9.53 Å². The Balaban J connectivity index is 2.19. The Bertz CT molecular complexity index is 1070. The van der Waals surface area contributed by atoms with Gasteiger partial charge in [0.15, 0.2) is 0 Å². The predicted molar refractivity (Wildman–Crippen MR) is 138 cm³/mol. The van der Waals surface area contributed by atoms with E-state index in [1.54, 1.807) is 82.3 Å². The first-order chi connectivity index (χ1) is 15.5. The number of carbonyl (C=O) groups excluding carboxylic acids is 2. The van der Waals surface area contributed by atoms with E-state index in [1.807, 2.05) is 18.2 Å². The van der Waals surface area contributed by atoms with E-state index >= 15 is 0 Å². The van der Waals surface area contributed by atoms with Crippen molar-refractivity contribution in [3.8, 4) is 0 Å². The maximum absolute atomic E-state index is 12.9. The fourth-order valence-corrected chi connectivity index (χ4v) is 3.29. The van der Waals surface area contributed by atoms with Crippen LogP contribution in [0.25, 0.3) is 12.2 Å². The Hall–Kier alpha value is -2.53. The van der Waals surface area contributed by atoms with Gasteiger partial charge in [0, 0.05) is 21.1 Å². The van der Waals surface area contributed by atoms with E-state index in [4.69, 9.17) is 39.5 Å².